The Morgan fingerprint density at radius 1 is 1.30 bits per heavy atom. The van der Waals surface area contributed by atoms with Crippen LogP contribution in [0.5, 0.6) is 0 Å². The molecule has 10 heavy (non-hydrogen) atoms. The second-order valence-electron chi connectivity index (χ2n) is 3.30. The highest BCUT2D eigenvalue weighted by Crippen LogP contribution is 2.34. The lowest BCUT2D eigenvalue weighted by molar-refractivity contribution is 0.210. The van der Waals surface area contributed by atoms with Crippen LogP contribution in [-0.2, 0) is 0 Å². The van der Waals surface area contributed by atoms with E-state index >= 15 is 0 Å². The van der Waals surface area contributed by atoms with Crippen LogP contribution in [0.15, 0.2) is 0 Å². The van der Waals surface area contributed by atoms with Crippen molar-refractivity contribution >= 4 is 0 Å². The maximum Gasteiger partial charge on any atom is 0.00949 e. The van der Waals surface area contributed by atoms with Crippen LogP contribution in [0.2, 0.25) is 0 Å². The first-order valence-corrected chi connectivity index (χ1v) is 4.53. The van der Waals surface area contributed by atoms with E-state index in [2.05, 4.69) is 25.7 Å². The van der Waals surface area contributed by atoms with Gasteiger partial charge in [-0.1, -0.05) is 13.8 Å². The van der Waals surface area contributed by atoms with E-state index in [1.807, 2.05) is 0 Å². The molecule has 0 spiro atoms. The minimum absolute atomic E-state index is 0.843. The zero-order chi connectivity index (χ0) is 7.56. The molecule has 0 bridgehead atoms. The zero-order valence-corrected chi connectivity index (χ0v) is 7.43. The van der Waals surface area contributed by atoms with Gasteiger partial charge in [-0.2, -0.15) is 0 Å². The smallest absolute Gasteiger partial charge is 0.00949 e. The van der Waals surface area contributed by atoms with E-state index in [-0.39, 0.29) is 0 Å². The fourth-order valence-electron chi connectivity index (χ4n) is 1.68. The summed E-state index contributed by atoms with van der Waals surface area (Å²) in [6, 6.07) is 0.843. The van der Waals surface area contributed by atoms with Gasteiger partial charge in [0.2, 0.25) is 0 Å². The van der Waals surface area contributed by atoms with Gasteiger partial charge in [-0.25, -0.2) is 0 Å². The van der Waals surface area contributed by atoms with Crippen molar-refractivity contribution in [3.8, 4) is 0 Å². The Hall–Kier alpha value is -0.0400. The Labute approximate surface area is 64.4 Å². The van der Waals surface area contributed by atoms with Gasteiger partial charge in [0.15, 0.2) is 0 Å². The van der Waals surface area contributed by atoms with Crippen molar-refractivity contribution in [1.82, 2.24) is 4.90 Å². The van der Waals surface area contributed by atoms with Crippen molar-refractivity contribution in [2.45, 2.75) is 39.7 Å². The molecule has 1 aliphatic carbocycles. The van der Waals surface area contributed by atoms with E-state index in [0.717, 1.165) is 12.0 Å². The first kappa shape index (κ1) is 8.06. The van der Waals surface area contributed by atoms with Crippen molar-refractivity contribution in [1.29, 1.82) is 0 Å². The molecule has 1 unspecified atom stereocenters. The van der Waals surface area contributed by atoms with Crippen LogP contribution in [0, 0.1) is 5.92 Å². The standard InChI is InChI=1S/C9H19N/c1-4-10(5-2)8(3)9-6-7-9/h8-9H,4-7H2,1-3H3. The minimum Gasteiger partial charge on any atom is -0.301 e. The third-order valence-electron chi connectivity index (χ3n) is 2.69. The van der Waals surface area contributed by atoms with Gasteiger partial charge < -0.3 is 4.90 Å². The Morgan fingerprint density at radius 3 is 2.10 bits per heavy atom. The maximum atomic E-state index is 2.55. The molecule has 1 fully saturated rings. The monoisotopic (exact) mass is 141 g/mol. The van der Waals surface area contributed by atoms with Gasteiger partial charge >= 0.3 is 0 Å². The topological polar surface area (TPSA) is 3.24 Å². The molecule has 0 amide bonds. The van der Waals surface area contributed by atoms with Gasteiger partial charge in [-0.15, -0.1) is 0 Å². The summed E-state index contributed by atoms with van der Waals surface area (Å²) < 4.78 is 0. The third-order valence-corrected chi connectivity index (χ3v) is 2.69. The molecule has 1 aliphatic rings. The number of nitrogens with zero attached hydrogens (tertiary/aromatic N) is 1. The van der Waals surface area contributed by atoms with Gasteiger partial charge in [-0.05, 0) is 38.8 Å². The van der Waals surface area contributed by atoms with Gasteiger partial charge in [0.25, 0.3) is 0 Å². The highest BCUT2D eigenvalue weighted by atomic mass is 15.1. The largest absolute Gasteiger partial charge is 0.301 e. The van der Waals surface area contributed by atoms with Crippen LogP contribution < -0.4 is 0 Å². The van der Waals surface area contributed by atoms with E-state index in [1.54, 1.807) is 0 Å². The van der Waals surface area contributed by atoms with E-state index in [4.69, 9.17) is 0 Å². The van der Waals surface area contributed by atoms with Crippen LogP contribution in [-0.4, -0.2) is 24.0 Å². The lowest BCUT2D eigenvalue weighted by Gasteiger charge is -2.25. The van der Waals surface area contributed by atoms with Gasteiger partial charge in [-0.3, -0.25) is 0 Å². The highest BCUT2D eigenvalue weighted by Gasteiger charge is 2.30. The average Bonchev–Trinajstić information content (AvgIpc) is 2.71. The van der Waals surface area contributed by atoms with Crippen molar-refractivity contribution in [3.05, 3.63) is 0 Å². The summed E-state index contributed by atoms with van der Waals surface area (Å²) in [5.41, 5.74) is 0. The average molecular weight is 141 g/mol. The summed E-state index contributed by atoms with van der Waals surface area (Å²) in [4.78, 5) is 2.55. The van der Waals surface area contributed by atoms with Crippen molar-refractivity contribution in [2.24, 2.45) is 5.92 Å². The molecule has 0 aromatic rings. The molecule has 1 atom stereocenters. The quantitative estimate of drug-likeness (QED) is 0.579. The predicted octanol–water partition coefficient (Wildman–Crippen LogP) is 2.13. The molecule has 0 aromatic heterocycles. The molecular formula is C9H19N. The van der Waals surface area contributed by atoms with E-state index in [9.17, 15) is 0 Å². The second kappa shape index (κ2) is 3.38. The van der Waals surface area contributed by atoms with Crippen LogP contribution >= 0.6 is 0 Å². The van der Waals surface area contributed by atoms with Crippen molar-refractivity contribution < 1.29 is 0 Å². The molecule has 1 nitrogen and oxygen atoms in total. The van der Waals surface area contributed by atoms with Crippen LogP contribution in [0.1, 0.15) is 33.6 Å². The summed E-state index contributed by atoms with van der Waals surface area (Å²) in [7, 11) is 0. The molecule has 0 heterocycles. The summed E-state index contributed by atoms with van der Waals surface area (Å²) in [6.45, 7) is 9.30. The lowest BCUT2D eigenvalue weighted by atomic mass is 10.2. The molecule has 0 aliphatic heterocycles. The highest BCUT2D eigenvalue weighted by molar-refractivity contribution is 4.84. The molecule has 0 radical (unpaired) electrons. The van der Waals surface area contributed by atoms with Gasteiger partial charge in [0.1, 0.15) is 0 Å². The molecule has 0 saturated heterocycles. The van der Waals surface area contributed by atoms with E-state index < -0.39 is 0 Å². The third kappa shape index (κ3) is 1.72. The van der Waals surface area contributed by atoms with E-state index in [0.29, 0.717) is 0 Å². The normalized spacial score (nSPS) is 21.6. The predicted molar refractivity (Wildman–Crippen MR) is 45.1 cm³/mol. The van der Waals surface area contributed by atoms with Gasteiger partial charge in [0.05, 0.1) is 0 Å². The maximum absolute atomic E-state index is 2.55. The first-order chi connectivity index (χ1) is 4.79. The SMILES string of the molecule is CCN(CC)C(C)C1CC1. The lowest BCUT2D eigenvalue weighted by Crippen LogP contribution is -2.34. The second-order valence-corrected chi connectivity index (χ2v) is 3.30. The molecule has 1 saturated carbocycles. The summed E-state index contributed by atoms with van der Waals surface area (Å²) in [6.07, 6.45) is 2.94. The Kier molecular flexibility index (Phi) is 2.72. The zero-order valence-electron chi connectivity index (χ0n) is 7.43. The number of rotatable bonds is 4. The summed E-state index contributed by atoms with van der Waals surface area (Å²) in [5, 5.41) is 0. The Bertz CT molecular complexity index is 92.9. The fraction of sp³-hybridized carbons (Fsp3) is 1.00. The van der Waals surface area contributed by atoms with Crippen LogP contribution in [0.3, 0.4) is 0 Å². The molecule has 0 aromatic carbocycles. The number of hydrogen-bond acceptors (Lipinski definition) is 1. The molecule has 60 valence electrons. The Morgan fingerprint density at radius 2 is 1.80 bits per heavy atom. The molecule has 1 heteroatoms. The number of hydrogen-bond donors (Lipinski definition) is 0. The molecule has 1 rings (SSSR count). The molecule has 0 N–H and O–H groups in total. The van der Waals surface area contributed by atoms with E-state index in [1.165, 1.54) is 25.9 Å². The summed E-state index contributed by atoms with van der Waals surface area (Å²) in [5.74, 6) is 1.03. The van der Waals surface area contributed by atoms with Crippen LogP contribution in [0.25, 0.3) is 0 Å². The Balaban J connectivity index is 2.27. The first-order valence-electron chi connectivity index (χ1n) is 4.53. The summed E-state index contributed by atoms with van der Waals surface area (Å²) >= 11 is 0. The van der Waals surface area contributed by atoms with Crippen molar-refractivity contribution in [3.63, 3.8) is 0 Å². The molecular weight excluding hydrogens is 122 g/mol. The fourth-order valence-corrected chi connectivity index (χ4v) is 1.68. The van der Waals surface area contributed by atoms with Crippen LogP contribution in [0.4, 0.5) is 0 Å². The minimum atomic E-state index is 0.843. The van der Waals surface area contributed by atoms with Gasteiger partial charge in [0, 0.05) is 6.04 Å². The van der Waals surface area contributed by atoms with Crippen molar-refractivity contribution in [2.75, 3.05) is 13.1 Å².